The Bertz CT molecular complexity index is 530. The van der Waals surface area contributed by atoms with Gasteiger partial charge < -0.3 is 5.32 Å². The maximum atomic E-state index is 5.21. The molecule has 0 spiro atoms. The molecule has 3 rings (SSSR count). The van der Waals surface area contributed by atoms with Gasteiger partial charge in [-0.1, -0.05) is 12.1 Å². The number of rotatable bonds is 2. The molecule has 1 fully saturated rings. The molecule has 1 aromatic heterocycles. The molecule has 16 heavy (non-hydrogen) atoms. The lowest BCUT2D eigenvalue weighted by atomic mass is 10.3. The molecule has 2 aromatic rings. The minimum Gasteiger partial charge on any atom is -0.359 e. The van der Waals surface area contributed by atoms with E-state index in [-0.39, 0.29) is 0 Å². The third kappa shape index (κ3) is 1.86. The molecule has 5 heteroatoms. The number of imidazole rings is 1. The van der Waals surface area contributed by atoms with Gasteiger partial charge in [0.05, 0.1) is 11.0 Å². The molecule has 0 unspecified atom stereocenters. The van der Waals surface area contributed by atoms with Gasteiger partial charge in [-0.05, 0) is 37.2 Å². The van der Waals surface area contributed by atoms with Gasteiger partial charge in [-0.2, -0.15) is 0 Å². The van der Waals surface area contributed by atoms with E-state index in [1.165, 1.54) is 12.8 Å². The molecule has 82 valence electrons. The van der Waals surface area contributed by atoms with Gasteiger partial charge >= 0.3 is 0 Å². The molecule has 0 bridgehead atoms. The molecule has 0 aliphatic heterocycles. The molecule has 4 nitrogen and oxygen atoms in total. The van der Waals surface area contributed by atoms with Gasteiger partial charge in [-0.15, -0.1) is 0 Å². The highest BCUT2D eigenvalue weighted by molar-refractivity contribution is 7.80. The van der Waals surface area contributed by atoms with E-state index in [9.17, 15) is 0 Å². The van der Waals surface area contributed by atoms with E-state index in [4.69, 9.17) is 12.2 Å². The Morgan fingerprint density at radius 3 is 3.00 bits per heavy atom. The summed E-state index contributed by atoms with van der Waals surface area (Å²) in [5.41, 5.74) is 5.10. The highest BCUT2D eigenvalue weighted by Crippen LogP contribution is 2.18. The smallest absolute Gasteiger partial charge is 0.185 e. The molecule has 2 N–H and O–H groups in total. The van der Waals surface area contributed by atoms with Crippen molar-refractivity contribution >= 4 is 28.4 Å². The van der Waals surface area contributed by atoms with Crippen LogP contribution in [0.15, 0.2) is 30.6 Å². The first-order valence-corrected chi connectivity index (χ1v) is 5.73. The zero-order chi connectivity index (χ0) is 11.0. The Balaban J connectivity index is 1.80. The Kier molecular flexibility index (Phi) is 2.25. The average molecular weight is 232 g/mol. The second kappa shape index (κ2) is 3.75. The van der Waals surface area contributed by atoms with Crippen LogP contribution in [0.1, 0.15) is 12.8 Å². The summed E-state index contributed by atoms with van der Waals surface area (Å²) >= 11 is 5.21. The highest BCUT2D eigenvalue weighted by atomic mass is 32.1. The van der Waals surface area contributed by atoms with Crippen molar-refractivity contribution in [2.75, 3.05) is 5.43 Å². The van der Waals surface area contributed by atoms with Crippen LogP contribution >= 0.6 is 12.2 Å². The minimum atomic E-state index is 0.565. The van der Waals surface area contributed by atoms with Crippen molar-refractivity contribution in [2.45, 2.75) is 18.9 Å². The minimum absolute atomic E-state index is 0.565. The summed E-state index contributed by atoms with van der Waals surface area (Å²) in [6, 6.07) is 8.51. The molecular weight excluding hydrogens is 220 g/mol. The molecule has 0 atom stereocenters. The summed E-state index contributed by atoms with van der Waals surface area (Å²) < 4.78 is 1.84. The van der Waals surface area contributed by atoms with Gasteiger partial charge in [-0.3, -0.25) is 5.43 Å². The average Bonchev–Trinajstić information content (AvgIpc) is 3.00. The van der Waals surface area contributed by atoms with Gasteiger partial charge in [0, 0.05) is 6.04 Å². The number of hydrogen-bond acceptors (Lipinski definition) is 2. The first kappa shape index (κ1) is 9.59. The van der Waals surface area contributed by atoms with Crippen LogP contribution in [-0.4, -0.2) is 20.8 Å². The summed E-state index contributed by atoms with van der Waals surface area (Å²) in [6.07, 6.45) is 4.17. The normalized spacial score (nSPS) is 15.0. The quantitative estimate of drug-likeness (QED) is 0.772. The van der Waals surface area contributed by atoms with Crippen molar-refractivity contribution in [3.05, 3.63) is 30.6 Å². The van der Waals surface area contributed by atoms with Gasteiger partial charge in [0.25, 0.3) is 0 Å². The van der Waals surface area contributed by atoms with Crippen LogP contribution in [0.5, 0.6) is 0 Å². The molecule has 1 aromatic carbocycles. The van der Waals surface area contributed by atoms with E-state index < -0.39 is 0 Å². The summed E-state index contributed by atoms with van der Waals surface area (Å²) in [5.74, 6) is 0. The monoisotopic (exact) mass is 232 g/mol. The van der Waals surface area contributed by atoms with Crippen LogP contribution in [-0.2, 0) is 0 Å². The second-order valence-electron chi connectivity index (χ2n) is 3.96. The Hall–Kier alpha value is -1.62. The summed E-state index contributed by atoms with van der Waals surface area (Å²) in [7, 11) is 0. The maximum absolute atomic E-state index is 5.21. The molecule has 1 saturated carbocycles. The SMILES string of the molecule is S=C(NC1CC1)Nn1cnc2ccccc21. The van der Waals surface area contributed by atoms with Gasteiger partial charge in [0.1, 0.15) is 6.33 Å². The van der Waals surface area contributed by atoms with E-state index in [2.05, 4.69) is 15.7 Å². The molecule has 1 aliphatic carbocycles. The molecule has 0 saturated heterocycles. The Labute approximate surface area is 98.6 Å². The lowest BCUT2D eigenvalue weighted by molar-refractivity contribution is 0.889. The first-order valence-electron chi connectivity index (χ1n) is 5.32. The lowest BCUT2D eigenvalue weighted by Gasteiger charge is -2.10. The Morgan fingerprint density at radius 1 is 1.38 bits per heavy atom. The van der Waals surface area contributed by atoms with Crippen LogP contribution in [0.4, 0.5) is 0 Å². The third-order valence-electron chi connectivity index (χ3n) is 2.59. The Morgan fingerprint density at radius 2 is 2.19 bits per heavy atom. The van der Waals surface area contributed by atoms with Crippen molar-refractivity contribution in [1.29, 1.82) is 0 Å². The number of aromatic nitrogens is 2. The van der Waals surface area contributed by atoms with Crippen molar-refractivity contribution in [3.8, 4) is 0 Å². The topological polar surface area (TPSA) is 41.9 Å². The number of benzene rings is 1. The molecule has 1 aliphatic rings. The molecule has 0 amide bonds. The predicted molar refractivity (Wildman–Crippen MR) is 67.8 cm³/mol. The number of hydrogen-bond donors (Lipinski definition) is 2. The van der Waals surface area contributed by atoms with Crippen molar-refractivity contribution < 1.29 is 0 Å². The van der Waals surface area contributed by atoms with Crippen LogP contribution < -0.4 is 10.7 Å². The van der Waals surface area contributed by atoms with Gasteiger partial charge in [0.15, 0.2) is 5.11 Å². The number of nitrogens with zero attached hydrogens (tertiary/aromatic N) is 2. The van der Waals surface area contributed by atoms with Crippen LogP contribution in [0.25, 0.3) is 11.0 Å². The van der Waals surface area contributed by atoms with E-state index in [1.807, 2.05) is 28.9 Å². The lowest BCUT2D eigenvalue weighted by Crippen LogP contribution is -2.34. The highest BCUT2D eigenvalue weighted by Gasteiger charge is 2.21. The second-order valence-corrected chi connectivity index (χ2v) is 4.37. The number of nitrogens with one attached hydrogen (secondary N) is 2. The van der Waals surface area contributed by atoms with Crippen molar-refractivity contribution in [3.63, 3.8) is 0 Å². The van der Waals surface area contributed by atoms with Crippen LogP contribution in [0.3, 0.4) is 0 Å². The summed E-state index contributed by atoms with van der Waals surface area (Å²) in [5, 5.41) is 3.89. The molecular formula is C11H12N4S. The maximum Gasteiger partial charge on any atom is 0.185 e. The standard InChI is InChI=1S/C11H12N4S/c16-11(13-8-5-6-8)14-15-7-12-9-3-1-2-4-10(9)15/h1-4,7-8H,5-6H2,(H2,13,14,16). The summed E-state index contributed by atoms with van der Waals surface area (Å²) in [4.78, 5) is 4.28. The number of thiocarbonyl (C=S) groups is 1. The molecule has 0 radical (unpaired) electrons. The first-order chi connectivity index (χ1) is 7.83. The zero-order valence-corrected chi connectivity index (χ0v) is 9.50. The molecule has 1 heterocycles. The fraction of sp³-hybridized carbons (Fsp3) is 0.273. The fourth-order valence-electron chi connectivity index (χ4n) is 1.60. The van der Waals surface area contributed by atoms with Crippen molar-refractivity contribution in [2.24, 2.45) is 0 Å². The van der Waals surface area contributed by atoms with E-state index in [0.29, 0.717) is 11.2 Å². The van der Waals surface area contributed by atoms with Crippen LogP contribution in [0, 0.1) is 0 Å². The van der Waals surface area contributed by atoms with E-state index in [1.54, 1.807) is 6.33 Å². The van der Waals surface area contributed by atoms with Gasteiger partial charge in [-0.25, -0.2) is 9.66 Å². The largest absolute Gasteiger partial charge is 0.359 e. The summed E-state index contributed by atoms with van der Waals surface area (Å²) in [6.45, 7) is 0. The fourth-order valence-corrected chi connectivity index (χ4v) is 1.87. The van der Waals surface area contributed by atoms with Crippen molar-refractivity contribution in [1.82, 2.24) is 15.0 Å². The number of para-hydroxylation sites is 2. The third-order valence-corrected chi connectivity index (χ3v) is 2.80. The predicted octanol–water partition coefficient (Wildman–Crippen LogP) is 1.62. The van der Waals surface area contributed by atoms with E-state index >= 15 is 0 Å². The number of fused-ring (bicyclic) bond motifs is 1. The van der Waals surface area contributed by atoms with Gasteiger partial charge in [0.2, 0.25) is 0 Å². The van der Waals surface area contributed by atoms with E-state index in [0.717, 1.165) is 11.0 Å². The zero-order valence-electron chi connectivity index (χ0n) is 8.68. The van der Waals surface area contributed by atoms with Crippen LogP contribution in [0.2, 0.25) is 0 Å².